The van der Waals surface area contributed by atoms with Gasteiger partial charge in [0, 0.05) is 31.2 Å². The Morgan fingerprint density at radius 2 is 1.91 bits per heavy atom. The van der Waals surface area contributed by atoms with Crippen molar-refractivity contribution >= 4 is 46.1 Å². The second kappa shape index (κ2) is 10.4. The van der Waals surface area contributed by atoms with Crippen LogP contribution in [-0.4, -0.2) is 51.0 Å². The third-order valence-corrected chi connectivity index (χ3v) is 7.47. The van der Waals surface area contributed by atoms with Gasteiger partial charge in [-0.15, -0.1) is 0 Å². The number of thiocarbonyl (C=S) groups is 1. The number of carbonyl (C=O) groups is 1. The smallest absolute Gasteiger partial charge is 0.270 e. The van der Waals surface area contributed by atoms with Gasteiger partial charge in [0.15, 0.2) is 0 Å². The molecule has 178 valence electrons. The number of carbonyl (C=O) groups excluding carboxylic acids is 1. The van der Waals surface area contributed by atoms with Gasteiger partial charge in [0.2, 0.25) is 0 Å². The lowest BCUT2D eigenvalue weighted by Gasteiger charge is -2.39. The van der Waals surface area contributed by atoms with Gasteiger partial charge in [0.25, 0.3) is 11.5 Å². The molecule has 0 aliphatic carbocycles. The summed E-state index contributed by atoms with van der Waals surface area (Å²) in [6, 6.07) is 2.11. The molecule has 3 heterocycles. The Morgan fingerprint density at radius 3 is 2.45 bits per heavy atom. The van der Waals surface area contributed by atoms with Gasteiger partial charge in [0.05, 0.1) is 17.1 Å². The largest absolute Gasteiger partial charge is 0.372 e. The zero-order valence-corrected chi connectivity index (χ0v) is 21.8. The van der Waals surface area contributed by atoms with Crippen molar-refractivity contribution in [2.75, 3.05) is 18.0 Å². The number of pyridine rings is 1. The maximum atomic E-state index is 13.3. The standard InChI is InChI=1S/C24H32N4O3S2/c1-7-9-27-21(26-12-15(4)31-16(5)13-26)18(17(6)19(11-25)22(27)29)10-20-23(30)28(14(3)8-2)24(32)33-20/h10,14-16H,7-9,12-13H2,1-6H3/b20-10+. The number of hydrogen-bond donors (Lipinski definition) is 0. The molecule has 1 amide bonds. The van der Waals surface area contributed by atoms with Gasteiger partial charge in [0.1, 0.15) is 21.8 Å². The zero-order chi connectivity index (χ0) is 24.4. The summed E-state index contributed by atoms with van der Waals surface area (Å²) >= 11 is 6.78. The van der Waals surface area contributed by atoms with E-state index in [0.29, 0.717) is 34.4 Å². The molecule has 0 spiro atoms. The van der Waals surface area contributed by atoms with E-state index in [-0.39, 0.29) is 35.3 Å². The summed E-state index contributed by atoms with van der Waals surface area (Å²) in [5, 5.41) is 9.78. The predicted octanol–water partition coefficient (Wildman–Crippen LogP) is 4.05. The van der Waals surface area contributed by atoms with Crippen LogP contribution in [0.1, 0.15) is 64.2 Å². The van der Waals surface area contributed by atoms with Crippen LogP contribution in [0, 0.1) is 18.3 Å². The second-order valence-corrected chi connectivity index (χ2v) is 10.5. The van der Waals surface area contributed by atoms with Crippen molar-refractivity contribution in [1.82, 2.24) is 9.47 Å². The number of rotatable bonds is 6. The van der Waals surface area contributed by atoms with E-state index in [9.17, 15) is 14.9 Å². The first-order valence-corrected chi connectivity index (χ1v) is 12.7. The minimum atomic E-state index is -0.289. The fourth-order valence-corrected chi connectivity index (χ4v) is 5.88. The molecule has 0 radical (unpaired) electrons. The van der Waals surface area contributed by atoms with E-state index in [1.165, 1.54) is 11.8 Å². The first-order valence-electron chi connectivity index (χ1n) is 11.5. The van der Waals surface area contributed by atoms with Gasteiger partial charge in [-0.2, -0.15) is 5.26 Å². The molecule has 0 bridgehead atoms. The third-order valence-electron chi connectivity index (χ3n) is 6.14. The first-order chi connectivity index (χ1) is 15.6. The number of amides is 1. The first kappa shape index (κ1) is 25.5. The quantitative estimate of drug-likeness (QED) is 0.441. The van der Waals surface area contributed by atoms with Crippen molar-refractivity contribution in [3.63, 3.8) is 0 Å². The summed E-state index contributed by atoms with van der Waals surface area (Å²) < 4.78 is 8.15. The number of nitriles is 1. The molecule has 33 heavy (non-hydrogen) atoms. The van der Waals surface area contributed by atoms with Crippen molar-refractivity contribution in [1.29, 1.82) is 5.26 Å². The average molecular weight is 489 g/mol. The van der Waals surface area contributed by atoms with Gasteiger partial charge in [-0.3, -0.25) is 19.1 Å². The molecule has 0 saturated carbocycles. The summed E-state index contributed by atoms with van der Waals surface area (Å²) in [5.74, 6) is 0.620. The van der Waals surface area contributed by atoms with Crippen molar-refractivity contribution in [2.45, 2.75) is 79.2 Å². The minimum Gasteiger partial charge on any atom is -0.372 e. The molecule has 2 aliphatic heterocycles. The summed E-state index contributed by atoms with van der Waals surface area (Å²) in [6.45, 7) is 13.5. The Morgan fingerprint density at radius 1 is 1.27 bits per heavy atom. The van der Waals surface area contributed by atoms with E-state index in [2.05, 4.69) is 11.0 Å². The number of hydrogen-bond acceptors (Lipinski definition) is 7. The van der Waals surface area contributed by atoms with Crippen molar-refractivity contribution in [3.05, 3.63) is 31.9 Å². The van der Waals surface area contributed by atoms with Crippen LogP contribution in [0.4, 0.5) is 5.82 Å². The molecule has 3 rings (SSSR count). The zero-order valence-electron chi connectivity index (χ0n) is 20.2. The molecule has 2 aliphatic rings. The van der Waals surface area contributed by atoms with E-state index in [1.807, 2.05) is 40.7 Å². The molecule has 7 nitrogen and oxygen atoms in total. The van der Waals surface area contributed by atoms with Crippen molar-refractivity contribution in [3.8, 4) is 6.07 Å². The Balaban J connectivity index is 2.26. The molecule has 9 heteroatoms. The van der Waals surface area contributed by atoms with Crippen LogP contribution < -0.4 is 10.5 Å². The Kier molecular flexibility index (Phi) is 8.04. The number of nitrogens with zero attached hydrogens (tertiary/aromatic N) is 4. The van der Waals surface area contributed by atoms with Crippen molar-refractivity contribution in [2.24, 2.45) is 0 Å². The number of aromatic nitrogens is 1. The predicted molar refractivity (Wildman–Crippen MR) is 137 cm³/mol. The molecule has 1 aromatic heterocycles. The summed E-state index contributed by atoms with van der Waals surface area (Å²) in [4.78, 5) is 30.9. The van der Waals surface area contributed by atoms with E-state index in [4.69, 9.17) is 17.0 Å². The van der Waals surface area contributed by atoms with Crippen LogP contribution in [-0.2, 0) is 16.1 Å². The molecule has 3 unspecified atom stereocenters. The molecule has 1 aromatic rings. The van der Waals surface area contributed by atoms with Gasteiger partial charge in [-0.25, -0.2) is 0 Å². The lowest BCUT2D eigenvalue weighted by molar-refractivity contribution is -0.123. The fraction of sp³-hybridized carbons (Fsp3) is 0.583. The van der Waals surface area contributed by atoms with Gasteiger partial charge in [-0.05, 0) is 52.2 Å². The topological polar surface area (TPSA) is 78.6 Å². The molecule has 2 fully saturated rings. The number of thioether (sulfide) groups is 1. The van der Waals surface area contributed by atoms with Crippen LogP contribution in [0.15, 0.2) is 9.70 Å². The van der Waals surface area contributed by atoms with Crippen LogP contribution in [0.25, 0.3) is 6.08 Å². The molecule has 2 saturated heterocycles. The lowest BCUT2D eigenvalue weighted by Crippen LogP contribution is -2.48. The number of anilines is 1. The average Bonchev–Trinajstić information content (AvgIpc) is 3.03. The van der Waals surface area contributed by atoms with Gasteiger partial charge >= 0.3 is 0 Å². The molecular formula is C24H32N4O3S2. The normalized spacial score (nSPS) is 23.4. The number of morpholine rings is 1. The third kappa shape index (κ3) is 4.88. The lowest BCUT2D eigenvalue weighted by atomic mass is 10.0. The fourth-order valence-electron chi connectivity index (χ4n) is 4.44. The van der Waals surface area contributed by atoms with Gasteiger partial charge in [-0.1, -0.05) is 37.8 Å². The Labute approximate surface area is 205 Å². The van der Waals surface area contributed by atoms with E-state index < -0.39 is 0 Å². The maximum absolute atomic E-state index is 13.3. The molecule has 0 N–H and O–H groups in total. The summed E-state index contributed by atoms with van der Waals surface area (Å²) in [5.41, 5.74) is 1.14. The summed E-state index contributed by atoms with van der Waals surface area (Å²) in [6.07, 6.45) is 3.35. The van der Waals surface area contributed by atoms with Crippen LogP contribution >= 0.6 is 24.0 Å². The highest BCUT2D eigenvalue weighted by atomic mass is 32.2. The van der Waals surface area contributed by atoms with Crippen LogP contribution in [0.2, 0.25) is 0 Å². The highest BCUT2D eigenvalue weighted by Gasteiger charge is 2.36. The maximum Gasteiger partial charge on any atom is 0.270 e. The Bertz CT molecular complexity index is 1080. The highest BCUT2D eigenvalue weighted by Crippen LogP contribution is 2.37. The van der Waals surface area contributed by atoms with Crippen LogP contribution in [0.3, 0.4) is 0 Å². The Hall–Kier alpha value is -2.15. The summed E-state index contributed by atoms with van der Waals surface area (Å²) in [7, 11) is 0. The monoisotopic (exact) mass is 488 g/mol. The van der Waals surface area contributed by atoms with E-state index in [1.54, 1.807) is 16.4 Å². The van der Waals surface area contributed by atoms with Gasteiger partial charge < -0.3 is 9.64 Å². The van der Waals surface area contributed by atoms with E-state index >= 15 is 0 Å². The van der Waals surface area contributed by atoms with E-state index in [0.717, 1.165) is 24.2 Å². The van der Waals surface area contributed by atoms with Crippen molar-refractivity contribution < 1.29 is 9.53 Å². The highest BCUT2D eigenvalue weighted by molar-refractivity contribution is 8.26. The SMILES string of the molecule is CCCn1c(N2CC(C)OC(C)C2)c(/C=C2/SC(=S)N(C(C)CC)C2=O)c(C)c(C#N)c1=O. The second-order valence-electron chi connectivity index (χ2n) is 8.78. The minimum absolute atomic E-state index is 0.00799. The molecular weight excluding hydrogens is 456 g/mol. The molecule has 0 aromatic carbocycles. The molecule has 3 atom stereocenters. The number of ether oxygens (including phenoxy) is 1. The van der Waals surface area contributed by atoms with Crippen LogP contribution in [0.5, 0.6) is 0 Å².